The summed E-state index contributed by atoms with van der Waals surface area (Å²) in [5.41, 5.74) is 0.765. The second-order valence-electron chi connectivity index (χ2n) is 5.23. The lowest BCUT2D eigenvalue weighted by Gasteiger charge is -2.11. The maximum atomic E-state index is 11.8. The molecule has 0 spiro atoms. The van der Waals surface area contributed by atoms with Gasteiger partial charge in [-0.3, -0.25) is 4.79 Å². The second kappa shape index (κ2) is 6.57. The van der Waals surface area contributed by atoms with Crippen LogP contribution in [0, 0.1) is 11.8 Å². The van der Waals surface area contributed by atoms with Crippen molar-refractivity contribution >= 4 is 11.6 Å². The average Bonchev–Trinajstić information content (AvgIpc) is 3.23. The van der Waals surface area contributed by atoms with E-state index in [0.717, 1.165) is 23.9 Å². The minimum absolute atomic E-state index is 0.0174. The van der Waals surface area contributed by atoms with Crippen LogP contribution in [0.1, 0.15) is 19.8 Å². The van der Waals surface area contributed by atoms with Crippen LogP contribution in [-0.4, -0.2) is 26.1 Å². The quantitative estimate of drug-likeness (QED) is 0.792. The predicted molar refractivity (Wildman–Crippen MR) is 76.4 cm³/mol. The number of amides is 1. The molecule has 1 fully saturated rings. The van der Waals surface area contributed by atoms with Crippen molar-refractivity contribution in [2.75, 3.05) is 25.5 Å². The summed E-state index contributed by atoms with van der Waals surface area (Å²) in [5.74, 6) is 2.27. The number of hydrogen-bond acceptors (Lipinski definition) is 3. The first kappa shape index (κ1) is 13.9. The molecule has 0 bridgehead atoms. The fraction of sp³-hybridized carbons (Fsp3) is 0.533. The zero-order valence-electron chi connectivity index (χ0n) is 11.6. The summed E-state index contributed by atoms with van der Waals surface area (Å²) in [5, 5.41) is 6.07. The highest BCUT2D eigenvalue weighted by Gasteiger charge is 2.27. The second-order valence-corrected chi connectivity index (χ2v) is 5.23. The van der Waals surface area contributed by atoms with Gasteiger partial charge in [0.25, 0.3) is 0 Å². The number of carbonyl (C=O) groups is 1. The normalized spacial score (nSPS) is 15.9. The first-order chi connectivity index (χ1) is 9.19. The minimum Gasteiger partial charge on any atom is -0.497 e. The SMILES string of the molecule is COc1cccc(NC(=O)CNCC(C)C2CC2)c1. The molecule has 4 nitrogen and oxygen atoms in total. The Morgan fingerprint density at radius 1 is 1.47 bits per heavy atom. The van der Waals surface area contributed by atoms with Crippen molar-refractivity contribution in [1.29, 1.82) is 0 Å². The molecule has 1 atom stereocenters. The van der Waals surface area contributed by atoms with Gasteiger partial charge in [0.15, 0.2) is 0 Å². The maximum absolute atomic E-state index is 11.8. The van der Waals surface area contributed by atoms with E-state index in [1.165, 1.54) is 12.8 Å². The molecule has 0 aliphatic heterocycles. The largest absolute Gasteiger partial charge is 0.497 e. The van der Waals surface area contributed by atoms with Crippen LogP contribution in [0.25, 0.3) is 0 Å². The number of benzene rings is 1. The summed E-state index contributed by atoms with van der Waals surface area (Å²) in [6.07, 6.45) is 2.69. The molecule has 2 rings (SSSR count). The van der Waals surface area contributed by atoms with Gasteiger partial charge in [0.05, 0.1) is 13.7 Å². The van der Waals surface area contributed by atoms with Gasteiger partial charge in [-0.2, -0.15) is 0 Å². The van der Waals surface area contributed by atoms with E-state index < -0.39 is 0 Å². The predicted octanol–water partition coefficient (Wildman–Crippen LogP) is 2.27. The van der Waals surface area contributed by atoms with E-state index in [0.29, 0.717) is 12.5 Å². The van der Waals surface area contributed by atoms with Crippen LogP contribution in [0.4, 0.5) is 5.69 Å². The third kappa shape index (κ3) is 4.56. The molecule has 1 aliphatic carbocycles. The van der Waals surface area contributed by atoms with E-state index in [1.54, 1.807) is 7.11 Å². The Labute approximate surface area is 114 Å². The monoisotopic (exact) mass is 262 g/mol. The van der Waals surface area contributed by atoms with Gasteiger partial charge in [-0.25, -0.2) is 0 Å². The van der Waals surface area contributed by atoms with Crippen LogP contribution in [0.2, 0.25) is 0 Å². The Kier molecular flexibility index (Phi) is 4.80. The number of hydrogen-bond donors (Lipinski definition) is 2. The summed E-state index contributed by atoms with van der Waals surface area (Å²) in [6, 6.07) is 7.38. The summed E-state index contributed by atoms with van der Waals surface area (Å²) in [6.45, 7) is 3.51. The molecule has 0 radical (unpaired) electrons. The standard InChI is InChI=1S/C15H22N2O2/c1-11(12-6-7-12)9-16-10-15(18)17-13-4-3-5-14(8-13)19-2/h3-5,8,11-12,16H,6-7,9-10H2,1-2H3,(H,17,18). The zero-order valence-corrected chi connectivity index (χ0v) is 11.6. The molecule has 1 aromatic carbocycles. The maximum Gasteiger partial charge on any atom is 0.238 e. The number of rotatable bonds is 7. The van der Waals surface area contributed by atoms with E-state index in [9.17, 15) is 4.79 Å². The Hall–Kier alpha value is -1.55. The van der Waals surface area contributed by atoms with E-state index in [4.69, 9.17) is 4.74 Å². The molecule has 104 valence electrons. The highest BCUT2D eigenvalue weighted by molar-refractivity contribution is 5.92. The molecule has 19 heavy (non-hydrogen) atoms. The van der Waals surface area contributed by atoms with Crippen LogP contribution < -0.4 is 15.4 Å². The lowest BCUT2D eigenvalue weighted by molar-refractivity contribution is -0.115. The number of methoxy groups -OCH3 is 1. The number of carbonyl (C=O) groups excluding carboxylic acids is 1. The first-order valence-corrected chi connectivity index (χ1v) is 6.83. The molecule has 1 aliphatic rings. The van der Waals surface area contributed by atoms with E-state index in [-0.39, 0.29) is 5.91 Å². The number of ether oxygens (including phenoxy) is 1. The van der Waals surface area contributed by atoms with Crippen molar-refractivity contribution in [2.24, 2.45) is 11.8 Å². The lowest BCUT2D eigenvalue weighted by atomic mass is 10.1. The third-order valence-corrected chi connectivity index (χ3v) is 3.53. The van der Waals surface area contributed by atoms with Crippen LogP contribution >= 0.6 is 0 Å². The van der Waals surface area contributed by atoms with Crippen LogP contribution in [0.3, 0.4) is 0 Å². The van der Waals surface area contributed by atoms with Crippen molar-refractivity contribution in [1.82, 2.24) is 5.32 Å². The first-order valence-electron chi connectivity index (χ1n) is 6.83. The Balaban J connectivity index is 1.70. The van der Waals surface area contributed by atoms with Crippen LogP contribution in [0.15, 0.2) is 24.3 Å². The summed E-state index contributed by atoms with van der Waals surface area (Å²) < 4.78 is 5.12. The van der Waals surface area contributed by atoms with Gasteiger partial charge in [-0.15, -0.1) is 0 Å². The Bertz CT molecular complexity index is 430. The fourth-order valence-electron chi connectivity index (χ4n) is 2.15. The average molecular weight is 262 g/mol. The Morgan fingerprint density at radius 2 is 2.26 bits per heavy atom. The molecular formula is C15H22N2O2. The zero-order chi connectivity index (χ0) is 13.7. The van der Waals surface area contributed by atoms with E-state index >= 15 is 0 Å². The molecule has 2 N–H and O–H groups in total. The molecule has 1 saturated carbocycles. The van der Waals surface area contributed by atoms with E-state index in [2.05, 4.69) is 17.6 Å². The topological polar surface area (TPSA) is 50.4 Å². The van der Waals surface area contributed by atoms with Gasteiger partial charge in [0.1, 0.15) is 5.75 Å². The molecule has 1 unspecified atom stereocenters. The highest BCUT2D eigenvalue weighted by atomic mass is 16.5. The summed E-state index contributed by atoms with van der Waals surface area (Å²) >= 11 is 0. The lowest BCUT2D eigenvalue weighted by Crippen LogP contribution is -2.31. The van der Waals surface area contributed by atoms with Crippen LogP contribution in [0.5, 0.6) is 5.75 Å². The molecule has 1 amide bonds. The number of nitrogens with one attached hydrogen (secondary N) is 2. The summed E-state index contributed by atoms with van der Waals surface area (Å²) in [4.78, 5) is 11.8. The molecular weight excluding hydrogens is 240 g/mol. The smallest absolute Gasteiger partial charge is 0.238 e. The van der Waals surface area contributed by atoms with Crippen molar-refractivity contribution in [2.45, 2.75) is 19.8 Å². The van der Waals surface area contributed by atoms with Gasteiger partial charge in [-0.1, -0.05) is 13.0 Å². The van der Waals surface area contributed by atoms with Crippen LogP contribution in [-0.2, 0) is 4.79 Å². The van der Waals surface area contributed by atoms with Crippen molar-refractivity contribution < 1.29 is 9.53 Å². The minimum atomic E-state index is -0.0174. The van der Waals surface area contributed by atoms with Crippen molar-refractivity contribution in [3.63, 3.8) is 0 Å². The molecule has 0 saturated heterocycles. The van der Waals surface area contributed by atoms with Gasteiger partial charge < -0.3 is 15.4 Å². The van der Waals surface area contributed by atoms with Gasteiger partial charge in [0.2, 0.25) is 5.91 Å². The molecule has 1 aromatic rings. The highest BCUT2D eigenvalue weighted by Crippen LogP contribution is 2.35. The van der Waals surface area contributed by atoms with Gasteiger partial charge >= 0.3 is 0 Å². The molecule has 0 aromatic heterocycles. The molecule has 0 heterocycles. The third-order valence-electron chi connectivity index (χ3n) is 3.53. The van der Waals surface area contributed by atoms with E-state index in [1.807, 2.05) is 24.3 Å². The van der Waals surface area contributed by atoms with Crippen molar-refractivity contribution in [3.8, 4) is 5.75 Å². The van der Waals surface area contributed by atoms with Crippen molar-refractivity contribution in [3.05, 3.63) is 24.3 Å². The fourth-order valence-corrected chi connectivity index (χ4v) is 2.15. The molecule has 4 heteroatoms. The summed E-state index contributed by atoms with van der Waals surface area (Å²) in [7, 11) is 1.61. The van der Waals surface area contributed by atoms with Gasteiger partial charge in [-0.05, 0) is 43.4 Å². The van der Waals surface area contributed by atoms with Gasteiger partial charge in [0, 0.05) is 11.8 Å². The Morgan fingerprint density at radius 3 is 2.95 bits per heavy atom. The number of anilines is 1.